The van der Waals surface area contributed by atoms with Gasteiger partial charge in [0.1, 0.15) is 5.82 Å². The van der Waals surface area contributed by atoms with Crippen LogP contribution in [-0.4, -0.2) is 11.5 Å². The molecule has 0 spiro atoms. The van der Waals surface area contributed by atoms with E-state index in [9.17, 15) is 4.39 Å². The molecular formula is C13H14ClFN2O. The molecule has 2 aromatic rings. The van der Waals surface area contributed by atoms with Crippen LogP contribution in [0.3, 0.4) is 0 Å². The van der Waals surface area contributed by atoms with E-state index in [4.69, 9.17) is 16.0 Å². The largest absolute Gasteiger partial charge is 0.439 e. The van der Waals surface area contributed by atoms with Crippen molar-refractivity contribution in [3.63, 3.8) is 0 Å². The van der Waals surface area contributed by atoms with Gasteiger partial charge in [-0.05, 0) is 31.2 Å². The fraction of sp³-hybridized carbons (Fsp3) is 0.308. The van der Waals surface area contributed by atoms with Crippen LogP contribution >= 0.6 is 11.6 Å². The van der Waals surface area contributed by atoms with E-state index in [1.165, 1.54) is 24.4 Å². The van der Waals surface area contributed by atoms with Gasteiger partial charge in [0.15, 0.2) is 5.76 Å². The minimum absolute atomic E-state index is 0.330. The maximum Gasteiger partial charge on any atom is 0.208 e. The Balaban J connectivity index is 2.16. The second-order valence-electron chi connectivity index (χ2n) is 3.92. The smallest absolute Gasteiger partial charge is 0.208 e. The second kappa shape index (κ2) is 5.98. The lowest BCUT2D eigenvalue weighted by Gasteiger charge is -2.00. The van der Waals surface area contributed by atoms with Gasteiger partial charge in [-0.1, -0.05) is 18.5 Å². The van der Waals surface area contributed by atoms with Crippen molar-refractivity contribution in [1.29, 1.82) is 0 Å². The molecule has 1 aromatic carbocycles. The number of nitrogens with zero attached hydrogens (tertiary/aromatic N) is 1. The zero-order chi connectivity index (χ0) is 13.0. The highest BCUT2D eigenvalue weighted by Gasteiger charge is 2.11. The molecule has 0 fully saturated rings. The monoisotopic (exact) mass is 268 g/mol. The fourth-order valence-corrected chi connectivity index (χ4v) is 1.75. The lowest BCUT2D eigenvalue weighted by atomic mass is 10.2. The third-order valence-corrected chi connectivity index (χ3v) is 2.69. The maximum absolute atomic E-state index is 13.6. The van der Waals surface area contributed by atoms with Gasteiger partial charge in [0, 0.05) is 5.02 Å². The molecule has 0 radical (unpaired) electrons. The highest BCUT2D eigenvalue weighted by molar-refractivity contribution is 6.30. The Hall–Kier alpha value is -1.39. The van der Waals surface area contributed by atoms with Gasteiger partial charge in [-0.25, -0.2) is 9.37 Å². The molecule has 0 amide bonds. The second-order valence-corrected chi connectivity index (χ2v) is 4.36. The summed E-state index contributed by atoms with van der Waals surface area (Å²) in [6.07, 6.45) is 2.55. The minimum atomic E-state index is -0.372. The van der Waals surface area contributed by atoms with Gasteiger partial charge in [0.05, 0.1) is 18.3 Å². The van der Waals surface area contributed by atoms with Crippen molar-refractivity contribution in [3.05, 3.63) is 41.1 Å². The molecule has 1 N–H and O–H groups in total. The lowest BCUT2D eigenvalue weighted by molar-refractivity contribution is 0.475. The Morgan fingerprint density at radius 3 is 3.06 bits per heavy atom. The number of rotatable bonds is 5. The van der Waals surface area contributed by atoms with Gasteiger partial charge in [0.25, 0.3) is 0 Å². The lowest BCUT2D eigenvalue weighted by Crippen LogP contribution is -2.13. The molecule has 2 rings (SSSR count). The summed E-state index contributed by atoms with van der Waals surface area (Å²) in [7, 11) is 0. The van der Waals surface area contributed by atoms with Crippen LogP contribution in [0.5, 0.6) is 0 Å². The summed E-state index contributed by atoms with van der Waals surface area (Å²) in [4.78, 5) is 4.10. The fourth-order valence-electron chi connectivity index (χ4n) is 1.57. The number of hydrogen-bond donors (Lipinski definition) is 1. The third-order valence-electron chi connectivity index (χ3n) is 2.45. The van der Waals surface area contributed by atoms with Crippen molar-refractivity contribution in [1.82, 2.24) is 10.3 Å². The Morgan fingerprint density at radius 2 is 2.28 bits per heavy atom. The van der Waals surface area contributed by atoms with Crippen LogP contribution in [0.4, 0.5) is 4.39 Å². The van der Waals surface area contributed by atoms with Gasteiger partial charge in [0.2, 0.25) is 5.89 Å². The van der Waals surface area contributed by atoms with Crippen molar-refractivity contribution in [2.45, 2.75) is 19.9 Å². The standard InChI is InChI=1S/C13H14ClFN2O/c1-2-5-16-8-13-17-7-12(18-13)10-6-9(14)3-4-11(10)15/h3-4,6-7,16H,2,5,8H2,1H3. The van der Waals surface area contributed by atoms with Gasteiger partial charge in [-0.15, -0.1) is 0 Å². The van der Waals surface area contributed by atoms with Crippen LogP contribution < -0.4 is 5.32 Å². The highest BCUT2D eigenvalue weighted by atomic mass is 35.5. The molecule has 0 saturated carbocycles. The summed E-state index contributed by atoms with van der Waals surface area (Å²) in [6.45, 7) is 3.51. The molecule has 5 heteroatoms. The van der Waals surface area contributed by atoms with Crippen molar-refractivity contribution >= 4 is 11.6 Å². The quantitative estimate of drug-likeness (QED) is 0.842. The summed E-state index contributed by atoms with van der Waals surface area (Å²) in [6, 6.07) is 4.34. The molecular weight excluding hydrogens is 255 g/mol. The minimum Gasteiger partial charge on any atom is -0.439 e. The summed E-state index contributed by atoms with van der Waals surface area (Å²) in [5.41, 5.74) is 0.330. The molecule has 0 unspecified atom stereocenters. The first-order valence-corrected chi connectivity index (χ1v) is 6.19. The molecule has 0 bridgehead atoms. The first-order valence-electron chi connectivity index (χ1n) is 5.81. The Morgan fingerprint density at radius 1 is 1.44 bits per heavy atom. The van der Waals surface area contributed by atoms with Crippen molar-refractivity contribution < 1.29 is 8.81 Å². The van der Waals surface area contributed by atoms with Crippen molar-refractivity contribution in [2.24, 2.45) is 0 Å². The van der Waals surface area contributed by atoms with Crippen LogP contribution in [0.2, 0.25) is 5.02 Å². The normalized spacial score (nSPS) is 10.8. The molecule has 0 aliphatic carbocycles. The van der Waals surface area contributed by atoms with Gasteiger partial charge < -0.3 is 9.73 Å². The summed E-state index contributed by atoms with van der Waals surface area (Å²) < 4.78 is 19.1. The molecule has 18 heavy (non-hydrogen) atoms. The van der Waals surface area contributed by atoms with Crippen molar-refractivity contribution in [3.8, 4) is 11.3 Å². The molecule has 0 aliphatic heterocycles. The van der Waals surface area contributed by atoms with Gasteiger partial charge in [-0.3, -0.25) is 0 Å². The Labute approximate surface area is 110 Å². The summed E-state index contributed by atoms with van der Waals surface area (Å²) in [5, 5.41) is 3.63. The van der Waals surface area contributed by atoms with E-state index in [2.05, 4.69) is 17.2 Å². The molecule has 0 saturated heterocycles. The molecule has 1 heterocycles. The van der Waals surface area contributed by atoms with Crippen LogP contribution in [0.15, 0.2) is 28.8 Å². The highest BCUT2D eigenvalue weighted by Crippen LogP contribution is 2.26. The first-order chi connectivity index (χ1) is 8.70. The molecule has 96 valence electrons. The summed E-state index contributed by atoms with van der Waals surface area (Å²) in [5.74, 6) is 0.560. The maximum atomic E-state index is 13.6. The number of benzene rings is 1. The zero-order valence-electron chi connectivity index (χ0n) is 10.0. The number of halogens is 2. The third kappa shape index (κ3) is 3.09. The number of aromatic nitrogens is 1. The zero-order valence-corrected chi connectivity index (χ0v) is 10.8. The van der Waals surface area contributed by atoms with Gasteiger partial charge >= 0.3 is 0 Å². The van der Waals surface area contributed by atoms with E-state index >= 15 is 0 Å². The molecule has 1 aromatic heterocycles. The van der Waals surface area contributed by atoms with E-state index in [-0.39, 0.29) is 5.82 Å². The van der Waals surface area contributed by atoms with E-state index in [0.717, 1.165) is 13.0 Å². The topological polar surface area (TPSA) is 38.1 Å². The van der Waals surface area contributed by atoms with Crippen LogP contribution in [0.1, 0.15) is 19.2 Å². The van der Waals surface area contributed by atoms with E-state index in [1.54, 1.807) is 0 Å². The first kappa shape index (κ1) is 13.1. The van der Waals surface area contributed by atoms with Crippen molar-refractivity contribution in [2.75, 3.05) is 6.54 Å². The van der Waals surface area contributed by atoms with E-state index in [0.29, 0.717) is 28.8 Å². The number of oxazole rings is 1. The van der Waals surface area contributed by atoms with Gasteiger partial charge in [-0.2, -0.15) is 0 Å². The number of hydrogen-bond acceptors (Lipinski definition) is 3. The number of nitrogens with one attached hydrogen (secondary N) is 1. The van der Waals surface area contributed by atoms with E-state index < -0.39 is 0 Å². The van der Waals surface area contributed by atoms with Crippen LogP contribution in [0.25, 0.3) is 11.3 Å². The van der Waals surface area contributed by atoms with E-state index in [1.807, 2.05) is 0 Å². The predicted octanol–water partition coefficient (Wildman–Crippen LogP) is 3.63. The average molecular weight is 269 g/mol. The Bertz CT molecular complexity index is 527. The Kier molecular flexibility index (Phi) is 4.33. The van der Waals surface area contributed by atoms with Crippen LogP contribution in [0, 0.1) is 5.82 Å². The summed E-state index contributed by atoms with van der Waals surface area (Å²) >= 11 is 5.83. The average Bonchev–Trinajstić information content (AvgIpc) is 2.81. The molecule has 3 nitrogen and oxygen atoms in total. The molecule has 0 aliphatic rings. The SMILES string of the molecule is CCCNCc1ncc(-c2cc(Cl)ccc2F)o1. The predicted molar refractivity (Wildman–Crippen MR) is 68.9 cm³/mol. The molecule has 0 atom stereocenters. The van der Waals surface area contributed by atoms with Crippen LogP contribution in [-0.2, 0) is 6.54 Å².